The number of nitrogens with one attached hydrogen (secondary N) is 1. The van der Waals surface area contributed by atoms with E-state index < -0.39 is 0 Å². The summed E-state index contributed by atoms with van der Waals surface area (Å²) in [6.45, 7) is 5.12. The van der Waals surface area contributed by atoms with Gasteiger partial charge in [0.2, 0.25) is 0 Å². The first-order valence-corrected chi connectivity index (χ1v) is 5.67. The lowest BCUT2D eigenvalue weighted by atomic mass is 9.87. The van der Waals surface area contributed by atoms with Crippen LogP contribution in [0.1, 0.15) is 32.6 Å². The van der Waals surface area contributed by atoms with Gasteiger partial charge in [-0.05, 0) is 25.7 Å². The fraction of sp³-hybridized carbons (Fsp3) is 1.00. The van der Waals surface area contributed by atoms with Gasteiger partial charge in [0.15, 0.2) is 0 Å². The van der Waals surface area contributed by atoms with Gasteiger partial charge in [-0.15, -0.1) is 0 Å². The summed E-state index contributed by atoms with van der Waals surface area (Å²) in [6.07, 6.45) is 4.13. The minimum Gasteiger partial charge on any atom is -0.393 e. The quantitative estimate of drug-likeness (QED) is 0.710. The molecule has 3 heteroatoms. The van der Waals surface area contributed by atoms with Crippen LogP contribution in [0.5, 0.6) is 0 Å². The average Bonchev–Trinajstić information content (AvgIpc) is 2.14. The molecule has 1 saturated heterocycles. The molecule has 0 amide bonds. The second kappa shape index (κ2) is 4.17. The Kier molecular flexibility index (Phi) is 3.10. The summed E-state index contributed by atoms with van der Waals surface area (Å²) in [5.74, 6) is 0. The smallest absolute Gasteiger partial charge is 0.0554 e. The van der Waals surface area contributed by atoms with Crippen LogP contribution in [0.25, 0.3) is 0 Å². The van der Waals surface area contributed by atoms with Crippen molar-refractivity contribution in [2.24, 2.45) is 5.41 Å². The van der Waals surface area contributed by atoms with Gasteiger partial charge in [-0.1, -0.05) is 6.92 Å². The van der Waals surface area contributed by atoms with Crippen molar-refractivity contribution in [3.8, 4) is 0 Å². The monoisotopic (exact) mass is 199 g/mol. The van der Waals surface area contributed by atoms with E-state index in [0.717, 1.165) is 45.4 Å². The second-order valence-corrected chi connectivity index (χ2v) is 5.19. The highest BCUT2D eigenvalue weighted by Crippen LogP contribution is 2.26. The van der Waals surface area contributed by atoms with Gasteiger partial charge in [-0.3, -0.25) is 0 Å². The summed E-state index contributed by atoms with van der Waals surface area (Å²) >= 11 is 0. The molecule has 1 heterocycles. The Morgan fingerprint density at radius 3 is 2.43 bits per heavy atom. The maximum absolute atomic E-state index is 9.36. The predicted molar refractivity (Wildman–Crippen MR) is 55.2 cm³/mol. The summed E-state index contributed by atoms with van der Waals surface area (Å²) in [6, 6.07) is 0.621. The van der Waals surface area contributed by atoms with Crippen molar-refractivity contribution in [2.45, 2.75) is 44.8 Å². The highest BCUT2D eigenvalue weighted by atomic mass is 16.5. The molecule has 14 heavy (non-hydrogen) atoms. The van der Waals surface area contributed by atoms with Gasteiger partial charge in [-0.25, -0.2) is 0 Å². The molecule has 0 aromatic rings. The Morgan fingerprint density at radius 1 is 1.29 bits per heavy atom. The van der Waals surface area contributed by atoms with E-state index in [1.807, 2.05) is 0 Å². The molecule has 0 aromatic heterocycles. The number of hydrogen-bond acceptors (Lipinski definition) is 3. The molecule has 0 bridgehead atoms. The third kappa shape index (κ3) is 2.47. The maximum Gasteiger partial charge on any atom is 0.0554 e. The molecule has 1 aliphatic heterocycles. The van der Waals surface area contributed by atoms with Crippen molar-refractivity contribution < 1.29 is 9.84 Å². The van der Waals surface area contributed by atoms with Gasteiger partial charge in [0.1, 0.15) is 0 Å². The zero-order valence-corrected chi connectivity index (χ0v) is 8.96. The molecule has 1 saturated carbocycles. The molecule has 2 rings (SSSR count). The van der Waals surface area contributed by atoms with Gasteiger partial charge in [0.05, 0.1) is 19.3 Å². The molecule has 0 radical (unpaired) electrons. The van der Waals surface area contributed by atoms with Crippen LogP contribution in [0.3, 0.4) is 0 Å². The molecule has 0 unspecified atom stereocenters. The number of aliphatic hydroxyl groups excluding tert-OH is 1. The molecule has 3 nitrogen and oxygen atoms in total. The van der Waals surface area contributed by atoms with Crippen LogP contribution < -0.4 is 5.32 Å². The zero-order chi connectivity index (χ0) is 10.0. The molecule has 1 aliphatic carbocycles. The average molecular weight is 199 g/mol. The molecule has 0 atom stereocenters. The molecule has 2 N–H and O–H groups in total. The Bertz CT molecular complexity index is 184. The minimum absolute atomic E-state index is 0.0457. The van der Waals surface area contributed by atoms with Crippen molar-refractivity contribution in [3.05, 3.63) is 0 Å². The second-order valence-electron chi connectivity index (χ2n) is 5.19. The topological polar surface area (TPSA) is 41.5 Å². The van der Waals surface area contributed by atoms with Crippen molar-refractivity contribution in [2.75, 3.05) is 19.8 Å². The van der Waals surface area contributed by atoms with Crippen molar-refractivity contribution in [1.29, 1.82) is 0 Å². The first-order chi connectivity index (χ1) is 6.68. The third-order valence-corrected chi connectivity index (χ3v) is 3.42. The molecule has 82 valence electrons. The lowest BCUT2D eigenvalue weighted by Gasteiger charge is -2.40. The molecule has 2 fully saturated rings. The first kappa shape index (κ1) is 10.4. The summed E-state index contributed by atoms with van der Waals surface area (Å²) in [5.41, 5.74) is 0.371. The van der Waals surface area contributed by atoms with Crippen molar-refractivity contribution in [1.82, 2.24) is 5.32 Å². The van der Waals surface area contributed by atoms with E-state index in [2.05, 4.69) is 12.2 Å². The van der Waals surface area contributed by atoms with Crippen molar-refractivity contribution in [3.63, 3.8) is 0 Å². The van der Waals surface area contributed by atoms with Crippen LogP contribution >= 0.6 is 0 Å². The van der Waals surface area contributed by atoms with E-state index in [1.165, 1.54) is 0 Å². The van der Waals surface area contributed by atoms with E-state index in [-0.39, 0.29) is 6.10 Å². The van der Waals surface area contributed by atoms with Gasteiger partial charge in [-0.2, -0.15) is 0 Å². The van der Waals surface area contributed by atoms with E-state index in [1.54, 1.807) is 0 Å². The molecular formula is C11H21NO2. The van der Waals surface area contributed by atoms with E-state index >= 15 is 0 Å². The van der Waals surface area contributed by atoms with Crippen LogP contribution in [0, 0.1) is 5.41 Å². The van der Waals surface area contributed by atoms with Crippen LogP contribution in [-0.2, 0) is 4.74 Å². The zero-order valence-electron chi connectivity index (χ0n) is 8.96. The lowest BCUT2D eigenvalue weighted by Crippen LogP contribution is -2.50. The summed E-state index contributed by atoms with van der Waals surface area (Å²) in [5, 5.41) is 13.0. The van der Waals surface area contributed by atoms with Crippen LogP contribution in [0.15, 0.2) is 0 Å². The normalized spacial score (nSPS) is 36.4. The summed E-state index contributed by atoms with van der Waals surface area (Å²) in [4.78, 5) is 0. The first-order valence-electron chi connectivity index (χ1n) is 5.67. The van der Waals surface area contributed by atoms with E-state index in [4.69, 9.17) is 4.74 Å². The Balaban J connectivity index is 1.65. The Morgan fingerprint density at radius 2 is 1.93 bits per heavy atom. The fourth-order valence-electron chi connectivity index (χ4n) is 2.22. The summed E-state index contributed by atoms with van der Waals surface area (Å²) in [7, 11) is 0. The third-order valence-electron chi connectivity index (χ3n) is 3.42. The fourth-order valence-corrected chi connectivity index (χ4v) is 2.22. The maximum atomic E-state index is 9.36. The molecule has 0 aromatic carbocycles. The molecule has 2 aliphatic rings. The largest absolute Gasteiger partial charge is 0.393 e. The van der Waals surface area contributed by atoms with Crippen molar-refractivity contribution >= 4 is 0 Å². The van der Waals surface area contributed by atoms with Gasteiger partial charge in [0.25, 0.3) is 0 Å². The highest BCUT2D eigenvalue weighted by Gasteiger charge is 2.33. The molecular weight excluding hydrogens is 178 g/mol. The van der Waals surface area contributed by atoms with Gasteiger partial charge in [0, 0.05) is 18.0 Å². The highest BCUT2D eigenvalue weighted by molar-refractivity contribution is 4.86. The predicted octanol–water partition coefficient (Wildman–Crippen LogP) is 0.916. The van der Waals surface area contributed by atoms with Crippen LogP contribution in [0.2, 0.25) is 0 Å². The number of ether oxygens (including phenoxy) is 1. The lowest BCUT2D eigenvalue weighted by molar-refractivity contribution is -0.101. The number of aliphatic hydroxyl groups is 1. The summed E-state index contributed by atoms with van der Waals surface area (Å²) < 4.78 is 5.21. The minimum atomic E-state index is -0.0457. The molecule has 0 spiro atoms. The van der Waals surface area contributed by atoms with Gasteiger partial charge >= 0.3 is 0 Å². The van der Waals surface area contributed by atoms with Crippen LogP contribution in [0.4, 0.5) is 0 Å². The Hall–Kier alpha value is -0.120. The standard InChI is InChI=1S/C11H21NO2/c1-11(7-14-8-11)6-12-9-2-4-10(13)5-3-9/h9-10,12-13H,2-8H2,1H3. The van der Waals surface area contributed by atoms with E-state index in [0.29, 0.717) is 11.5 Å². The van der Waals surface area contributed by atoms with Crippen LogP contribution in [-0.4, -0.2) is 37.0 Å². The SMILES string of the molecule is CC1(CNC2CCC(O)CC2)COC1. The van der Waals surface area contributed by atoms with Gasteiger partial charge < -0.3 is 15.2 Å². The Labute approximate surface area is 85.8 Å². The van der Waals surface area contributed by atoms with E-state index in [9.17, 15) is 5.11 Å². The number of rotatable bonds is 3. The number of hydrogen-bond donors (Lipinski definition) is 2.